The second-order valence-corrected chi connectivity index (χ2v) is 4.24. The summed E-state index contributed by atoms with van der Waals surface area (Å²) in [6.07, 6.45) is -0.385. The molecule has 0 amide bonds. The van der Waals surface area contributed by atoms with Crippen molar-refractivity contribution in [3.8, 4) is 0 Å². The van der Waals surface area contributed by atoms with Crippen molar-refractivity contribution in [1.82, 2.24) is 0 Å². The molecule has 1 rings (SSSR count). The molecule has 0 fully saturated rings. The quantitative estimate of drug-likeness (QED) is 0.862. The molecule has 0 bridgehead atoms. The molecule has 1 aromatic rings. The highest BCUT2D eigenvalue weighted by molar-refractivity contribution is 14.1. The minimum absolute atomic E-state index is 0.385. The van der Waals surface area contributed by atoms with E-state index in [4.69, 9.17) is 9.84 Å². The Labute approximate surface area is 92.1 Å². The molecule has 0 spiro atoms. The smallest absolute Gasteiger partial charge is 0.0745 e. The molecule has 1 N–H and O–H groups in total. The van der Waals surface area contributed by atoms with Crippen molar-refractivity contribution < 1.29 is 9.84 Å². The summed E-state index contributed by atoms with van der Waals surface area (Å²) >= 11 is 2.26. The third kappa shape index (κ3) is 4.59. The maximum atomic E-state index is 8.95. The van der Waals surface area contributed by atoms with Gasteiger partial charge in [-0.1, -0.05) is 12.1 Å². The van der Waals surface area contributed by atoms with Crippen molar-refractivity contribution >= 4 is 22.6 Å². The number of halogens is 1. The molecule has 3 heteroatoms. The highest BCUT2D eigenvalue weighted by atomic mass is 127. The van der Waals surface area contributed by atoms with Crippen LogP contribution in [0.4, 0.5) is 0 Å². The van der Waals surface area contributed by atoms with Gasteiger partial charge < -0.3 is 9.84 Å². The Bertz CT molecular complexity index is 244. The normalized spacial score (nSPS) is 12.8. The Morgan fingerprint density at radius 3 is 2.54 bits per heavy atom. The Kier molecular flexibility index (Phi) is 4.69. The van der Waals surface area contributed by atoms with Crippen molar-refractivity contribution in [2.45, 2.75) is 19.6 Å². The van der Waals surface area contributed by atoms with Crippen molar-refractivity contribution in [2.24, 2.45) is 0 Å². The zero-order chi connectivity index (χ0) is 9.68. The molecule has 0 radical (unpaired) electrons. The minimum Gasteiger partial charge on any atom is -0.391 e. The number of hydrogen-bond acceptors (Lipinski definition) is 2. The third-order valence-corrected chi connectivity index (χ3v) is 2.26. The van der Waals surface area contributed by atoms with E-state index in [-0.39, 0.29) is 6.10 Å². The van der Waals surface area contributed by atoms with Gasteiger partial charge in [-0.2, -0.15) is 0 Å². The van der Waals surface area contributed by atoms with Gasteiger partial charge in [0.1, 0.15) is 0 Å². The molecule has 2 nitrogen and oxygen atoms in total. The van der Waals surface area contributed by atoms with Crippen LogP contribution >= 0.6 is 22.6 Å². The Morgan fingerprint density at radius 2 is 2.00 bits per heavy atom. The van der Waals surface area contributed by atoms with Crippen molar-refractivity contribution in [1.29, 1.82) is 0 Å². The molecular weight excluding hydrogens is 279 g/mol. The molecule has 0 aliphatic heterocycles. The van der Waals surface area contributed by atoms with Gasteiger partial charge in [0.2, 0.25) is 0 Å². The number of hydrogen-bond donors (Lipinski definition) is 1. The minimum atomic E-state index is -0.385. The van der Waals surface area contributed by atoms with Crippen LogP contribution in [-0.2, 0) is 11.3 Å². The van der Waals surface area contributed by atoms with E-state index >= 15 is 0 Å². The highest BCUT2D eigenvalue weighted by Crippen LogP contribution is 2.07. The molecule has 13 heavy (non-hydrogen) atoms. The molecule has 1 aromatic carbocycles. The lowest BCUT2D eigenvalue weighted by Crippen LogP contribution is -2.09. The van der Waals surface area contributed by atoms with E-state index in [0.29, 0.717) is 13.2 Å². The SMILES string of the molecule is CC(O)COCc1ccc(I)cc1. The maximum Gasteiger partial charge on any atom is 0.0745 e. The van der Waals surface area contributed by atoms with Crippen LogP contribution in [0, 0.1) is 3.57 Å². The van der Waals surface area contributed by atoms with Gasteiger partial charge in [-0.05, 0) is 47.2 Å². The number of benzene rings is 1. The van der Waals surface area contributed by atoms with E-state index in [2.05, 4.69) is 22.6 Å². The van der Waals surface area contributed by atoms with Crippen LogP contribution < -0.4 is 0 Å². The first-order valence-electron chi connectivity index (χ1n) is 4.19. The van der Waals surface area contributed by atoms with Gasteiger partial charge in [0, 0.05) is 3.57 Å². The van der Waals surface area contributed by atoms with Gasteiger partial charge in [-0.3, -0.25) is 0 Å². The van der Waals surface area contributed by atoms with Gasteiger partial charge in [0.25, 0.3) is 0 Å². The summed E-state index contributed by atoms with van der Waals surface area (Å²) in [5.41, 5.74) is 1.14. The maximum absolute atomic E-state index is 8.95. The van der Waals surface area contributed by atoms with E-state index in [0.717, 1.165) is 5.56 Å². The summed E-state index contributed by atoms with van der Waals surface area (Å²) in [6, 6.07) is 8.15. The van der Waals surface area contributed by atoms with Crippen LogP contribution in [0.15, 0.2) is 24.3 Å². The molecule has 72 valence electrons. The lowest BCUT2D eigenvalue weighted by molar-refractivity contribution is 0.0376. The largest absolute Gasteiger partial charge is 0.391 e. The fourth-order valence-corrected chi connectivity index (χ4v) is 1.29. The molecule has 0 aliphatic carbocycles. The van der Waals surface area contributed by atoms with Gasteiger partial charge >= 0.3 is 0 Å². The standard InChI is InChI=1S/C10H13IO2/c1-8(12)6-13-7-9-2-4-10(11)5-3-9/h2-5,8,12H,6-7H2,1H3. The summed E-state index contributed by atoms with van der Waals surface area (Å²) in [5.74, 6) is 0. The van der Waals surface area contributed by atoms with Gasteiger partial charge in [-0.15, -0.1) is 0 Å². The molecule has 0 aliphatic rings. The predicted octanol–water partition coefficient (Wildman–Crippen LogP) is 2.19. The number of aliphatic hydroxyl groups is 1. The number of ether oxygens (including phenoxy) is 1. The topological polar surface area (TPSA) is 29.5 Å². The number of rotatable bonds is 4. The van der Waals surface area contributed by atoms with E-state index < -0.39 is 0 Å². The van der Waals surface area contributed by atoms with Crippen LogP contribution in [0.1, 0.15) is 12.5 Å². The second-order valence-electron chi connectivity index (χ2n) is 2.99. The zero-order valence-corrected chi connectivity index (χ0v) is 9.69. The first-order chi connectivity index (χ1) is 6.18. The van der Waals surface area contributed by atoms with Crippen LogP contribution in [0.5, 0.6) is 0 Å². The Hall–Kier alpha value is -0.130. The molecule has 1 unspecified atom stereocenters. The molecule has 0 aromatic heterocycles. The lowest BCUT2D eigenvalue weighted by atomic mass is 10.2. The van der Waals surface area contributed by atoms with Crippen LogP contribution in [-0.4, -0.2) is 17.8 Å². The van der Waals surface area contributed by atoms with E-state index in [1.807, 2.05) is 24.3 Å². The van der Waals surface area contributed by atoms with Crippen molar-refractivity contribution in [2.75, 3.05) is 6.61 Å². The average molecular weight is 292 g/mol. The van der Waals surface area contributed by atoms with Crippen molar-refractivity contribution in [3.63, 3.8) is 0 Å². The summed E-state index contributed by atoms with van der Waals surface area (Å²) < 4.78 is 6.49. The van der Waals surface area contributed by atoms with E-state index in [1.165, 1.54) is 3.57 Å². The second kappa shape index (κ2) is 5.57. The highest BCUT2D eigenvalue weighted by Gasteiger charge is 1.96. The molecular formula is C10H13IO2. The molecule has 0 saturated carbocycles. The molecule has 0 saturated heterocycles. The van der Waals surface area contributed by atoms with Crippen LogP contribution in [0.2, 0.25) is 0 Å². The third-order valence-electron chi connectivity index (χ3n) is 1.54. The molecule has 1 atom stereocenters. The summed E-state index contributed by atoms with van der Waals surface area (Å²) in [4.78, 5) is 0. The van der Waals surface area contributed by atoms with E-state index in [9.17, 15) is 0 Å². The predicted molar refractivity (Wildman–Crippen MR) is 60.5 cm³/mol. The number of aliphatic hydroxyl groups excluding tert-OH is 1. The van der Waals surface area contributed by atoms with Crippen LogP contribution in [0.25, 0.3) is 0 Å². The average Bonchev–Trinajstić information content (AvgIpc) is 2.08. The van der Waals surface area contributed by atoms with Crippen molar-refractivity contribution in [3.05, 3.63) is 33.4 Å². The molecule has 0 heterocycles. The summed E-state index contributed by atoms with van der Waals surface area (Å²) in [6.45, 7) is 2.68. The zero-order valence-electron chi connectivity index (χ0n) is 7.53. The first-order valence-corrected chi connectivity index (χ1v) is 5.26. The summed E-state index contributed by atoms with van der Waals surface area (Å²) in [5, 5.41) is 8.95. The Morgan fingerprint density at radius 1 is 1.38 bits per heavy atom. The van der Waals surface area contributed by atoms with Crippen LogP contribution in [0.3, 0.4) is 0 Å². The van der Waals surface area contributed by atoms with Gasteiger partial charge in [-0.25, -0.2) is 0 Å². The fourth-order valence-electron chi connectivity index (χ4n) is 0.928. The van der Waals surface area contributed by atoms with Gasteiger partial charge in [0.05, 0.1) is 19.3 Å². The lowest BCUT2D eigenvalue weighted by Gasteiger charge is -2.05. The Balaban J connectivity index is 2.33. The van der Waals surface area contributed by atoms with E-state index in [1.54, 1.807) is 6.92 Å². The summed E-state index contributed by atoms with van der Waals surface area (Å²) in [7, 11) is 0. The first kappa shape index (κ1) is 10.9. The fraction of sp³-hybridized carbons (Fsp3) is 0.400. The van der Waals surface area contributed by atoms with Gasteiger partial charge in [0.15, 0.2) is 0 Å². The monoisotopic (exact) mass is 292 g/mol.